The van der Waals surface area contributed by atoms with Gasteiger partial charge in [0.15, 0.2) is 6.10 Å². The minimum Gasteiger partial charge on any atom is -0.462 e. The number of unbranched alkanes of at least 4 members (excludes halogenated alkanes) is 26. The molecule has 0 N–H and O–H groups in total. The van der Waals surface area contributed by atoms with E-state index in [1.165, 1.54) is 135 Å². The number of rotatable bonds is 61. The van der Waals surface area contributed by atoms with Crippen LogP contribution in [0.3, 0.4) is 0 Å². The smallest absolute Gasteiger partial charge is 0.306 e. The summed E-state index contributed by atoms with van der Waals surface area (Å²) >= 11 is 0. The lowest BCUT2D eigenvalue weighted by atomic mass is 10.0. The lowest BCUT2D eigenvalue weighted by Crippen LogP contribution is -2.30. The van der Waals surface area contributed by atoms with Gasteiger partial charge in [-0.3, -0.25) is 14.4 Å². The van der Waals surface area contributed by atoms with E-state index in [-0.39, 0.29) is 37.5 Å². The summed E-state index contributed by atoms with van der Waals surface area (Å²) in [6, 6.07) is 0. The van der Waals surface area contributed by atoms with E-state index in [1.54, 1.807) is 0 Å². The molecule has 83 heavy (non-hydrogen) atoms. The number of ether oxygens (including phenoxy) is 3. The zero-order valence-corrected chi connectivity index (χ0v) is 53.9. The third kappa shape index (κ3) is 68.0. The molecule has 0 aliphatic heterocycles. The van der Waals surface area contributed by atoms with Gasteiger partial charge in [-0.05, 0) is 116 Å². The first-order chi connectivity index (χ1) is 41.0. The molecular formula is C77H126O6. The molecule has 470 valence electrons. The van der Waals surface area contributed by atoms with Crippen molar-refractivity contribution in [2.75, 3.05) is 13.2 Å². The molecular weight excluding hydrogens is 1020 g/mol. The number of hydrogen-bond acceptors (Lipinski definition) is 6. The van der Waals surface area contributed by atoms with Gasteiger partial charge >= 0.3 is 17.9 Å². The van der Waals surface area contributed by atoms with Gasteiger partial charge < -0.3 is 14.2 Å². The van der Waals surface area contributed by atoms with Crippen molar-refractivity contribution in [1.29, 1.82) is 0 Å². The average molecular weight is 1150 g/mol. The van der Waals surface area contributed by atoms with Gasteiger partial charge in [0.1, 0.15) is 13.2 Å². The quantitative estimate of drug-likeness (QED) is 0.0261. The third-order valence-electron chi connectivity index (χ3n) is 14.3. The number of esters is 3. The van der Waals surface area contributed by atoms with Crippen molar-refractivity contribution in [2.45, 2.75) is 309 Å². The summed E-state index contributed by atoms with van der Waals surface area (Å²) in [5.74, 6) is -0.960. The van der Waals surface area contributed by atoms with E-state index >= 15 is 0 Å². The molecule has 1 atom stereocenters. The maximum Gasteiger partial charge on any atom is 0.306 e. The number of carbonyl (C=O) groups excluding carboxylic acids is 3. The maximum atomic E-state index is 12.9. The highest BCUT2D eigenvalue weighted by molar-refractivity contribution is 5.71. The summed E-state index contributed by atoms with van der Waals surface area (Å²) in [7, 11) is 0. The van der Waals surface area contributed by atoms with E-state index in [2.05, 4.69) is 167 Å². The largest absolute Gasteiger partial charge is 0.462 e. The van der Waals surface area contributed by atoms with Crippen molar-refractivity contribution < 1.29 is 28.6 Å². The Kier molecular flexibility index (Phi) is 65.8. The van der Waals surface area contributed by atoms with Crippen LogP contribution >= 0.6 is 0 Å². The Morgan fingerprint density at radius 3 is 0.771 bits per heavy atom. The Labute approximate surface area is 512 Å². The zero-order chi connectivity index (χ0) is 59.9. The van der Waals surface area contributed by atoms with Crippen LogP contribution in [0.4, 0.5) is 0 Å². The molecule has 0 bridgehead atoms. The molecule has 0 aromatic rings. The highest BCUT2D eigenvalue weighted by Crippen LogP contribution is 2.16. The van der Waals surface area contributed by atoms with Crippen LogP contribution in [0.5, 0.6) is 0 Å². The molecule has 1 unspecified atom stereocenters. The summed E-state index contributed by atoms with van der Waals surface area (Å²) in [6.45, 7) is 6.39. The zero-order valence-electron chi connectivity index (χ0n) is 53.9. The second-order valence-corrected chi connectivity index (χ2v) is 22.3. The van der Waals surface area contributed by atoms with Crippen LogP contribution in [0.25, 0.3) is 0 Å². The molecule has 0 amide bonds. The van der Waals surface area contributed by atoms with Crippen molar-refractivity contribution in [2.24, 2.45) is 0 Å². The lowest BCUT2D eigenvalue weighted by molar-refractivity contribution is -0.167. The van der Waals surface area contributed by atoms with Gasteiger partial charge in [-0.15, -0.1) is 0 Å². The fraction of sp³-hybridized carbons (Fsp3) is 0.649. The van der Waals surface area contributed by atoms with E-state index in [4.69, 9.17) is 14.2 Å². The minimum atomic E-state index is -0.816. The predicted octanol–water partition coefficient (Wildman–Crippen LogP) is 23.9. The molecule has 0 aromatic carbocycles. The van der Waals surface area contributed by atoms with Gasteiger partial charge in [-0.1, -0.05) is 314 Å². The second kappa shape index (κ2) is 69.8. The van der Waals surface area contributed by atoms with Gasteiger partial charge in [0, 0.05) is 19.3 Å². The monoisotopic (exact) mass is 1150 g/mol. The van der Waals surface area contributed by atoms with Crippen LogP contribution in [0.2, 0.25) is 0 Å². The normalized spacial score (nSPS) is 13.0. The van der Waals surface area contributed by atoms with Crippen LogP contribution in [-0.2, 0) is 28.6 Å². The Morgan fingerprint density at radius 2 is 0.482 bits per heavy atom. The number of hydrogen-bond donors (Lipinski definition) is 0. The summed E-state index contributed by atoms with van der Waals surface area (Å²) in [5, 5.41) is 0. The number of carbonyl (C=O) groups is 3. The van der Waals surface area contributed by atoms with Crippen LogP contribution in [0.1, 0.15) is 303 Å². The van der Waals surface area contributed by atoms with Crippen LogP contribution in [0.15, 0.2) is 146 Å². The fourth-order valence-corrected chi connectivity index (χ4v) is 9.28. The molecule has 0 spiro atoms. The van der Waals surface area contributed by atoms with E-state index in [1.807, 2.05) is 0 Å². The Hall–Kier alpha value is -4.71. The van der Waals surface area contributed by atoms with Crippen molar-refractivity contribution >= 4 is 17.9 Å². The summed E-state index contributed by atoms with van der Waals surface area (Å²) in [6.07, 6.45) is 100. The van der Waals surface area contributed by atoms with Gasteiger partial charge in [0.25, 0.3) is 0 Å². The Morgan fingerprint density at radius 1 is 0.253 bits per heavy atom. The molecule has 0 saturated carbocycles. The van der Waals surface area contributed by atoms with Gasteiger partial charge in [-0.25, -0.2) is 0 Å². The molecule has 0 saturated heterocycles. The molecule has 0 aromatic heterocycles. The van der Waals surface area contributed by atoms with Crippen LogP contribution in [0, 0.1) is 0 Å². The highest BCUT2D eigenvalue weighted by atomic mass is 16.6. The SMILES string of the molecule is CC/C=C\C/C=C\C/C=C\C/C=C\C/C=C\C/C=C\C/C=C\CCCC(=O)OC(COC(=O)CCCCCCCCCCCCC/C=C\C/C=C\C/C=C\C/C=C\C/C=C\CC)COC(=O)CCCCCCCCCCCCCCCCC. The summed E-state index contributed by atoms with van der Waals surface area (Å²) in [4.78, 5) is 38.4. The van der Waals surface area contributed by atoms with E-state index in [9.17, 15) is 14.4 Å². The van der Waals surface area contributed by atoms with Crippen molar-refractivity contribution in [3.63, 3.8) is 0 Å². The first kappa shape index (κ1) is 78.3. The molecule has 0 heterocycles. The maximum absolute atomic E-state index is 12.9. The third-order valence-corrected chi connectivity index (χ3v) is 14.3. The minimum absolute atomic E-state index is 0.104. The first-order valence-electron chi connectivity index (χ1n) is 34.3. The molecule has 6 heteroatoms. The molecule has 0 aliphatic rings. The van der Waals surface area contributed by atoms with Crippen molar-refractivity contribution in [3.05, 3.63) is 146 Å². The van der Waals surface area contributed by atoms with Gasteiger partial charge in [0.2, 0.25) is 0 Å². The number of allylic oxidation sites excluding steroid dienone is 24. The van der Waals surface area contributed by atoms with E-state index < -0.39 is 6.10 Å². The van der Waals surface area contributed by atoms with Gasteiger partial charge in [-0.2, -0.15) is 0 Å². The van der Waals surface area contributed by atoms with E-state index in [0.717, 1.165) is 122 Å². The molecule has 6 nitrogen and oxygen atoms in total. The standard InChI is InChI=1S/C77H126O6/c1-4-7-10-13-16-19-22-25-28-30-32-34-36-37-38-39-41-42-44-46-49-52-55-58-61-64-67-70-76(79)82-73-74(72-81-75(78)69-66-63-60-57-54-51-48-27-24-21-18-15-12-9-6-3)83-77(80)71-68-65-62-59-56-53-50-47-45-43-40-35-33-31-29-26-23-20-17-14-11-8-5-2/h7-8,10-11,16-17,19-20,25-26,28-29,32-35,37-38,43,45,50,53,59,62,74H,4-6,9,12-15,18,21-24,27,30-31,36,39-42,44,46-49,51-52,54-58,60-61,63-73H2,1-3H3/b10-7-,11-8-,19-16-,20-17-,28-25-,29-26-,34-32-,35-33-,38-37-,45-43-,53-50-,62-59-. The highest BCUT2D eigenvalue weighted by Gasteiger charge is 2.19. The Bertz CT molecular complexity index is 1800. The van der Waals surface area contributed by atoms with Crippen LogP contribution in [-0.4, -0.2) is 37.2 Å². The summed E-state index contributed by atoms with van der Waals surface area (Å²) in [5.41, 5.74) is 0. The second-order valence-electron chi connectivity index (χ2n) is 22.3. The van der Waals surface area contributed by atoms with Crippen molar-refractivity contribution in [3.8, 4) is 0 Å². The lowest BCUT2D eigenvalue weighted by Gasteiger charge is -2.18. The topological polar surface area (TPSA) is 78.9 Å². The predicted molar refractivity (Wildman–Crippen MR) is 362 cm³/mol. The Balaban J connectivity index is 4.44. The van der Waals surface area contributed by atoms with Crippen LogP contribution < -0.4 is 0 Å². The average Bonchev–Trinajstić information content (AvgIpc) is 3.50. The van der Waals surface area contributed by atoms with Gasteiger partial charge in [0.05, 0.1) is 0 Å². The first-order valence-corrected chi connectivity index (χ1v) is 34.3. The summed E-state index contributed by atoms with van der Waals surface area (Å²) < 4.78 is 16.9. The molecule has 0 aliphatic carbocycles. The van der Waals surface area contributed by atoms with E-state index in [0.29, 0.717) is 19.3 Å². The molecule has 0 fully saturated rings. The molecule has 0 rings (SSSR count). The van der Waals surface area contributed by atoms with Crippen molar-refractivity contribution in [1.82, 2.24) is 0 Å². The molecule has 0 radical (unpaired) electrons. The fourth-order valence-electron chi connectivity index (χ4n) is 9.28.